The third kappa shape index (κ3) is 8.24. The standard InChI is InChI=1S/C29H33ClN2O2.C8H10O3S/c1-31(2)27(33)29(24-9-5-3-6-10-24,25-11-7-4-8-12-25)19-22-32-20-17-28(34,18-21-32)23-13-15-26(30)16-14-23;1-7-3-5-8(6-4-7)12(9,10)11-2/h3-16,34H,17-22H2,1-2H3;3-6H,1-2H3. The summed E-state index contributed by atoms with van der Waals surface area (Å²) in [6, 6.07) is 34.2. The lowest BCUT2D eigenvalue weighted by Gasteiger charge is -2.41. The first kappa shape index (κ1) is 35.3. The van der Waals surface area contributed by atoms with Gasteiger partial charge in [-0.05, 0) is 73.7 Å². The number of aliphatic hydroxyl groups is 1. The number of carbonyl (C=O) groups excluding carboxylic acids is 1. The van der Waals surface area contributed by atoms with Crippen LogP contribution in [0.1, 0.15) is 41.5 Å². The van der Waals surface area contributed by atoms with Crippen LogP contribution in [0.2, 0.25) is 5.02 Å². The lowest BCUT2D eigenvalue weighted by atomic mass is 9.70. The van der Waals surface area contributed by atoms with Crippen LogP contribution in [0.15, 0.2) is 114 Å². The minimum absolute atomic E-state index is 0.0829. The Labute approximate surface area is 278 Å². The fraction of sp³-hybridized carbons (Fsp3) is 0.324. The average molecular weight is 663 g/mol. The van der Waals surface area contributed by atoms with Crippen molar-refractivity contribution < 1.29 is 22.5 Å². The number of carbonyl (C=O) groups is 1. The molecule has 0 spiro atoms. The van der Waals surface area contributed by atoms with Gasteiger partial charge in [-0.2, -0.15) is 8.42 Å². The summed E-state index contributed by atoms with van der Waals surface area (Å²) >= 11 is 6.03. The first-order valence-electron chi connectivity index (χ1n) is 15.3. The molecule has 1 fully saturated rings. The Balaban J connectivity index is 0.000000337. The molecule has 244 valence electrons. The highest BCUT2D eigenvalue weighted by atomic mass is 35.5. The lowest BCUT2D eigenvalue weighted by Crippen LogP contribution is -2.48. The molecule has 0 unspecified atom stereocenters. The van der Waals surface area contributed by atoms with Crippen LogP contribution in [-0.4, -0.2) is 70.1 Å². The highest BCUT2D eigenvalue weighted by molar-refractivity contribution is 7.86. The van der Waals surface area contributed by atoms with Crippen LogP contribution in [0.4, 0.5) is 0 Å². The van der Waals surface area contributed by atoms with Gasteiger partial charge in [-0.1, -0.05) is 102 Å². The van der Waals surface area contributed by atoms with E-state index in [9.17, 15) is 18.3 Å². The van der Waals surface area contributed by atoms with Crippen LogP contribution >= 0.6 is 11.6 Å². The maximum atomic E-state index is 13.8. The molecule has 0 atom stereocenters. The molecule has 0 bridgehead atoms. The summed E-state index contributed by atoms with van der Waals surface area (Å²) in [5.74, 6) is 0.0829. The van der Waals surface area contributed by atoms with Gasteiger partial charge in [-0.15, -0.1) is 0 Å². The zero-order valence-electron chi connectivity index (χ0n) is 26.9. The minimum atomic E-state index is -3.51. The van der Waals surface area contributed by atoms with E-state index in [1.807, 2.05) is 81.7 Å². The molecule has 4 aromatic carbocycles. The Morgan fingerprint density at radius 2 is 1.37 bits per heavy atom. The number of hydrogen-bond acceptors (Lipinski definition) is 6. The number of piperidine rings is 1. The largest absolute Gasteiger partial charge is 0.385 e. The predicted molar refractivity (Wildman–Crippen MR) is 183 cm³/mol. The summed E-state index contributed by atoms with van der Waals surface area (Å²) in [6.45, 7) is 4.20. The van der Waals surface area contributed by atoms with Gasteiger partial charge >= 0.3 is 0 Å². The number of benzene rings is 4. The number of halogens is 1. The third-order valence-electron chi connectivity index (χ3n) is 8.70. The fourth-order valence-corrected chi connectivity index (χ4v) is 6.75. The molecule has 4 aromatic rings. The molecular weight excluding hydrogens is 620 g/mol. The van der Waals surface area contributed by atoms with E-state index in [4.69, 9.17) is 11.6 Å². The Bertz CT molecular complexity index is 1620. The number of nitrogens with zero attached hydrogens (tertiary/aromatic N) is 2. The van der Waals surface area contributed by atoms with Crippen molar-refractivity contribution >= 4 is 27.6 Å². The molecule has 1 aliphatic rings. The molecule has 1 amide bonds. The quantitative estimate of drug-likeness (QED) is 0.208. The Kier molecular flexibility index (Phi) is 11.8. The maximum absolute atomic E-state index is 13.8. The van der Waals surface area contributed by atoms with Gasteiger partial charge in [-0.3, -0.25) is 8.98 Å². The second-order valence-electron chi connectivity index (χ2n) is 11.9. The van der Waals surface area contributed by atoms with E-state index in [1.54, 1.807) is 17.0 Å². The number of likely N-dealkylation sites (tertiary alicyclic amines) is 1. The van der Waals surface area contributed by atoms with E-state index in [0.29, 0.717) is 24.3 Å². The van der Waals surface area contributed by atoms with Gasteiger partial charge in [0.25, 0.3) is 10.1 Å². The van der Waals surface area contributed by atoms with Crippen LogP contribution in [-0.2, 0) is 30.1 Å². The first-order valence-corrected chi connectivity index (χ1v) is 17.1. The van der Waals surface area contributed by atoms with Crippen molar-refractivity contribution in [2.24, 2.45) is 0 Å². The summed E-state index contributed by atoms with van der Waals surface area (Å²) in [4.78, 5) is 18.1. The van der Waals surface area contributed by atoms with Crippen molar-refractivity contribution in [1.29, 1.82) is 0 Å². The molecule has 5 rings (SSSR count). The molecule has 1 N–H and O–H groups in total. The van der Waals surface area contributed by atoms with Gasteiger partial charge in [0, 0.05) is 32.2 Å². The Hall–Kier alpha value is -3.53. The Morgan fingerprint density at radius 1 is 0.870 bits per heavy atom. The molecule has 7 nitrogen and oxygen atoms in total. The molecule has 9 heteroatoms. The van der Waals surface area contributed by atoms with Crippen LogP contribution in [0.5, 0.6) is 0 Å². The number of likely N-dealkylation sites (N-methyl/N-ethyl adjacent to an activating group) is 1. The highest BCUT2D eigenvalue weighted by Crippen LogP contribution is 2.39. The van der Waals surface area contributed by atoms with Gasteiger partial charge in [0.2, 0.25) is 5.91 Å². The second-order valence-corrected chi connectivity index (χ2v) is 14.1. The van der Waals surface area contributed by atoms with Crippen molar-refractivity contribution in [1.82, 2.24) is 9.80 Å². The van der Waals surface area contributed by atoms with Gasteiger partial charge < -0.3 is 14.9 Å². The number of amides is 1. The van der Waals surface area contributed by atoms with E-state index >= 15 is 0 Å². The summed E-state index contributed by atoms with van der Waals surface area (Å²) in [5, 5.41) is 11.9. The predicted octanol–water partition coefficient (Wildman–Crippen LogP) is 6.42. The topological polar surface area (TPSA) is 87.2 Å². The first-order chi connectivity index (χ1) is 21.9. The van der Waals surface area contributed by atoms with Crippen molar-refractivity contribution in [3.8, 4) is 0 Å². The number of aryl methyl sites for hydroxylation is 1. The number of rotatable bonds is 9. The summed E-state index contributed by atoms with van der Waals surface area (Å²) in [5.41, 5.74) is 2.35. The van der Waals surface area contributed by atoms with E-state index in [0.717, 1.165) is 49.0 Å². The summed E-state index contributed by atoms with van der Waals surface area (Å²) in [6.07, 6.45) is 1.97. The fourth-order valence-electron chi connectivity index (χ4n) is 5.96. The van der Waals surface area contributed by atoms with Gasteiger partial charge in [0.05, 0.1) is 17.6 Å². The monoisotopic (exact) mass is 662 g/mol. The second kappa shape index (κ2) is 15.4. The molecule has 46 heavy (non-hydrogen) atoms. The van der Waals surface area contributed by atoms with Gasteiger partial charge in [0.1, 0.15) is 5.41 Å². The van der Waals surface area contributed by atoms with Gasteiger partial charge in [0.15, 0.2) is 0 Å². The van der Waals surface area contributed by atoms with Crippen molar-refractivity contribution in [3.63, 3.8) is 0 Å². The van der Waals surface area contributed by atoms with Crippen LogP contribution < -0.4 is 0 Å². The minimum Gasteiger partial charge on any atom is -0.385 e. The smallest absolute Gasteiger partial charge is 0.296 e. The van der Waals surface area contributed by atoms with Crippen molar-refractivity contribution in [3.05, 3.63) is 136 Å². The van der Waals surface area contributed by atoms with E-state index < -0.39 is 21.1 Å². The van der Waals surface area contributed by atoms with E-state index in [2.05, 4.69) is 33.3 Å². The number of hydrogen-bond donors (Lipinski definition) is 1. The third-order valence-corrected chi connectivity index (χ3v) is 10.2. The molecule has 0 aliphatic carbocycles. The molecule has 0 radical (unpaired) electrons. The molecule has 1 saturated heterocycles. The summed E-state index contributed by atoms with van der Waals surface area (Å²) < 4.78 is 26.5. The highest BCUT2D eigenvalue weighted by Gasteiger charge is 2.43. The normalized spacial score (nSPS) is 15.0. The maximum Gasteiger partial charge on any atom is 0.296 e. The molecule has 1 heterocycles. The van der Waals surface area contributed by atoms with Crippen LogP contribution in [0, 0.1) is 6.92 Å². The zero-order chi connectivity index (χ0) is 33.4. The molecule has 0 saturated carbocycles. The molecule has 1 aliphatic heterocycles. The molecule has 0 aromatic heterocycles. The summed E-state index contributed by atoms with van der Waals surface area (Å²) in [7, 11) is 1.29. The SMILES string of the molecule is CN(C)C(=O)C(CCN1CCC(O)(c2ccc(Cl)cc2)CC1)(c1ccccc1)c1ccccc1.COS(=O)(=O)c1ccc(C)cc1. The average Bonchev–Trinajstić information content (AvgIpc) is 3.07. The molecular formula is C37H43ClN2O5S. The zero-order valence-corrected chi connectivity index (χ0v) is 28.5. The van der Waals surface area contributed by atoms with Crippen molar-refractivity contribution in [2.45, 2.75) is 42.1 Å². The Morgan fingerprint density at radius 3 is 1.83 bits per heavy atom. The van der Waals surface area contributed by atoms with E-state index in [-0.39, 0.29) is 10.8 Å². The van der Waals surface area contributed by atoms with Crippen LogP contribution in [0.25, 0.3) is 0 Å². The lowest BCUT2D eigenvalue weighted by molar-refractivity contribution is -0.133. The van der Waals surface area contributed by atoms with E-state index in [1.165, 1.54) is 12.1 Å². The van der Waals surface area contributed by atoms with Gasteiger partial charge in [-0.25, -0.2) is 0 Å². The van der Waals surface area contributed by atoms with Crippen LogP contribution in [0.3, 0.4) is 0 Å². The van der Waals surface area contributed by atoms with Crippen molar-refractivity contribution in [2.75, 3.05) is 40.8 Å².